The topological polar surface area (TPSA) is 49.7 Å². The molecule has 0 bridgehead atoms. The Labute approximate surface area is 113 Å². The molecular formula is C13H10BF3O3. The molecule has 3 nitrogen and oxygen atoms in total. The fourth-order valence-corrected chi connectivity index (χ4v) is 1.61. The summed E-state index contributed by atoms with van der Waals surface area (Å²) < 4.78 is 45.2. The van der Waals surface area contributed by atoms with Gasteiger partial charge in [-0.15, -0.1) is 0 Å². The second-order valence-electron chi connectivity index (χ2n) is 4.05. The zero-order valence-corrected chi connectivity index (χ0v) is 10.2. The average Bonchev–Trinajstić information content (AvgIpc) is 2.39. The highest BCUT2D eigenvalue weighted by Gasteiger charge is 2.15. The van der Waals surface area contributed by atoms with Gasteiger partial charge in [0.25, 0.3) is 0 Å². The number of benzene rings is 2. The van der Waals surface area contributed by atoms with E-state index in [4.69, 9.17) is 14.8 Å². The van der Waals surface area contributed by atoms with E-state index in [1.807, 2.05) is 0 Å². The normalized spacial score (nSPS) is 10.4. The van der Waals surface area contributed by atoms with Crippen molar-refractivity contribution in [2.24, 2.45) is 0 Å². The van der Waals surface area contributed by atoms with Crippen LogP contribution in [0.4, 0.5) is 13.2 Å². The van der Waals surface area contributed by atoms with Crippen molar-refractivity contribution in [3.8, 4) is 5.75 Å². The lowest BCUT2D eigenvalue weighted by Gasteiger charge is -2.10. The zero-order chi connectivity index (χ0) is 14.7. The van der Waals surface area contributed by atoms with Gasteiger partial charge in [0.2, 0.25) is 0 Å². The summed E-state index contributed by atoms with van der Waals surface area (Å²) >= 11 is 0. The highest BCUT2D eigenvalue weighted by atomic mass is 19.1. The lowest BCUT2D eigenvalue weighted by Crippen LogP contribution is -2.29. The highest BCUT2D eigenvalue weighted by molar-refractivity contribution is 6.58. The van der Waals surface area contributed by atoms with Crippen molar-refractivity contribution in [3.05, 3.63) is 59.4 Å². The first kappa shape index (κ1) is 14.4. The van der Waals surface area contributed by atoms with E-state index in [2.05, 4.69) is 0 Å². The van der Waals surface area contributed by atoms with Gasteiger partial charge in [-0.05, 0) is 29.7 Å². The molecule has 104 valence electrons. The van der Waals surface area contributed by atoms with E-state index >= 15 is 0 Å². The molecule has 0 spiro atoms. The predicted molar refractivity (Wildman–Crippen MR) is 66.9 cm³/mol. The first-order valence-electron chi connectivity index (χ1n) is 5.70. The minimum Gasteiger partial charge on any atom is -0.486 e. The van der Waals surface area contributed by atoms with E-state index in [-0.39, 0.29) is 16.8 Å². The van der Waals surface area contributed by atoms with Crippen molar-refractivity contribution in [2.75, 3.05) is 0 Å². The van der Waals surface area contributed by atoms with Crippen LogP contribution in [0, 0.1) is 17.5 Å². The molecule has 2 rings (SSSR count). The van der Waals surface area contributed by atoms with Gasteiger partial charge in [-0.1, -0.05) is 12.1 Å². The molecular weight excluding hydrogens is 272 g/mol. The van der Waals surface area contributed by atoms with Crippen molar-refractivity contribution in [2.45, 2.75) is 6.61 Å². The molecule has 2 aromatic rings. The Morgan fingerprint density at radius 2 is 1.60 bits per heavy atom. The molecule has 0 saturated carbocycles. The lowest BCUT2D eigenvalue weighted by molar-refractivity contribution is 0.278. The van der Waals surface area contributed by atoms with Crippen LogP contribution >= 0.6 is 0 Å². The van der Waals surface area contributed by atoms with Gasteiger partial charge in [-0.25, -0.2) is 13.2 Å². The van der Waals surface area contributed by atoms with Crippen LogP contribution in [0.1, 0.15) is 5.56 Å². The molecule has 0 aliphatic carbocycles. The minimum absolute atomic E-state index is 0.00963. The van der Waals surface area contributed by atoms with Gasteiger partial charge in [-0.3, -0.25) is 0 Å². The molecule has 0 radical (unpaired) electrons. The molecule has 0 saturated heterocycles. The van der Waals surface area contributed by atoms with E-state index in [0.717, 1.165) is 30.3 Å². The smallest absolute Gasteiger partial charge is 0.486 e. The molecule has 2 N–H and O–H groups in total. The number of hydrogen-bond donors (Lipinski definition) is 2. The summed E-state index contributed by atoms with van der Waals surface area (Å²) in [5.41, 5.74) is -0.322. The van der Waals surface area contributed by atoms with Crippen molar-refractivity contribution in [1.82, 2.24) is 0 Å². The molecule has 0 unspecified atom stereocenters. The standard InChI is InChI=1S/C13H10BF3O3/c15-10-2-1-3-11(16)9(10)7-20-13-6-8(14(18)19)4-5-12(13)17/h1-6,18-19H,7H2. The molecule has 0 amide bonds. The van der Waals surface area contributed by atoms with Gasteiger partial charge in [0.05, 0.1) is 5.56 Å². The maximum atomic E-state index is 13.5. The monoisotopic (exact) mass is 282 g/mol. The highest BCUT2D eigenvalue weighted by Crippen LogP contribution is 2.19. The number of ether oxygens (including phenoxy) is 1. The summed E-state index contributed by atoms with van der Waals surface area (Å²) in [5, 5.41) is 17.9. The van der Waals surface area contributed by atoms with Crippen LogP contribution in [-0.4, -0.2) is 17.2 Å². The van der Waals surface area contributed by atoms with Gasteiger partial charge >= 0.3 is 7.12 Å². The van der Waals surface area contributed by atoms with Crippen LogP contribution < -0.4 is 10.2 Å². The predicted octanol–water partition coefficient (Wildman–Crippen LogP) is 1.36. The Bertz CT molecular complexity index is 600. The molecule has 0 atom stereocenters. The Balaban J connectivity index is 2.20. The second kappa shape index (κ2) is 5.98. The maximum Gasteiger partial charge on any atom is 0.488 e. The third kappa shape index (κ3) is 3.12. The lowest BCUT2D eigenvalue weighted by atomic mass is 9.80. The van der Waals surface area contributed by atoms with Crippen LogP contribution in [-0.2, 0) is 6.61 Å². The van der Waals surface area contributed by atoms with Gasteiger partial charge in [0.15, 0.2) is 11.6 Å². The Morgan fingerprint density at radius 3 is 2.20 bits per heavy atom. The summed E-state index contributed by atoms with van der Waals surface area (Å²) in [7, 11) is -1.79. The van der Waals surface area contributed by atoms with Gasteiger partial charge in [0, 0.05) is 0 Å². The van der Waals surface area contributed by atoms with Crippen LogP contribution in [0.5, 0.6) is 5.75 Å². The Morgan fingerprint density at radius 1 is 0.950 bits per heavy atom. The van der Waals surface area contributed by atoms with Crippen molar-refractivity contribution in [3.63, 3.8) is 0 Å². The fourth-order valence-electron chi connectivity index (χ4n) is 1.61. The molecule has 0 aromatic heterocycles. The Hall–Kier alpha value is -1.99. The summed E-state index contributed by atoms with van der Waals surface area (Å²) in [6, 6.07) is 6.52. The quantitative estimate of drug-likeness (QED) is 0.832. The summed E-state index contributed by atoms with van der Waals surface area (Å²) in [5.74, 6) is -2.70. The fraction of sp³-hybridized carbons (Fsp3) is 0.0769. The van der Waals surface area contributed by atoms with Crippen LogP contribution in [0.25, 0.3) is 0 Å². The zero-order valence-electron chi connectivity index (χ0n) is 10.2. The summed E-state index contributed by atoms with van der Waals surface area (Å²) in [6.07, 6.45) is 0. The van der Waals surface area contributed by atoms with Gasteiger partial charge < -0.3 is 14.8 Å². The van der Waals surface area contributed by atoms with Gasteiger partial charge in [0.1, 0.15) is 18.2 Å². The van der Waals surface area contributed by atoms with E-state index in [9.17, 15) is 13.2 Å². The molecule has 0 fully saturated rings. The molecule has 20 heavy (non-hydrogen) atoms. The molecule has 0 aliphatic rings. The summed E-state index contributed by atoms with van der Waals surface area (Å²) in [6.45, 7) is -0.513. The average molecular weight is 282 g/mol. The van der Waals surface area contributed by atoms with Gasteiger partial charge in [-0.2, -0.15) is 0 Å². The van der Waals surface area contributed by atoms with Crippen LogP contribution in [0.2, 0.25) is 0 Å². The van der Waals surface area contributed by atoms with Crippen molar-refractivity contribution in [1.29, 1.82) is 0 Å². The summed E-state index contributed by atoms with van der Waals surface area (Å²) in [4.78, 5) is 0. The third-order valence-corrected chi connectivity index (χ3v) is 2.69. The van der Waals surface area contributed by atoms with Crippen LogP contribution in [0.3, 0.4) is 0 Å². The number of halogens is 3. The molecule has 7 heteroatoms. The Kier molecular flexibility index (Phi) is 4.31. The second-order valence-corrected chi connectivity index (χ2v) is 4.05. The largest absolute Gasteiger partial charge is 0.488 e. The minimum atomic E-state index is -1.79. The first-order chi connectivity index (χ1) is 9.49. The van der Waals surface area contributed by atoms with E-state index in [1.165, 1.54) is 6.07 Å². The van der Waals surface area contributed by atoms with E-state index < -0.39 is 31.2 Å². The van der Waals surface area contributed by atoms with E-state index in [0.29, 0.717) is 0 Å². The molecule has 0 aliphatic heterocycles. The van der Waals surface area contributed by atoms with E-state index in [1.54, 1.807) is 0 Å². The van der Waals surface area contributed by atoms with Crippen molar-refractivity contribution < 1.29 is 28.0 Å². The third-order valence-electron chi connectivity index (χ3n) is 2.69. The number of hydrogen-bond acceptors (Lipinski definition) is 3. The molecule has 2 aromatic carbocycles. The van der Waals surface area contributed by atoms with Crippen LogP contribution in [0.15, 0.2) is 36.4 Å². The maximum absolute atomic E-state index is 13.5. The molecule has 0 heterocycles. The number of rotatable bonds is 4. The SMILES string of the molecule is OB(O)c1ccc(F)c(OCc2c(F)cccc2F)c1. The first-order valence-corrected chi connectivity index (χ1v) is 5.70. The van der Waals surface area contributed by atoms with Crippen molar-refractivity contribution >= 4 is 12.6 Å².